The topological polar surface area (TPSA) is 133 Å². The first-order valence-electron chi connectivity index (χ1n) is 7.62. The molecule has 0 saturated carbocycles. The number of nitrogens with zero attached hydrogens (tertiary/aromatic N) is 4. The van der Waals surface area contributed by atoms with Gasteiger partial charge in [-0.3, -0.25) is 4.79 Å². The lowest BCUT2D eigenvalue weighted by molar-refractivity contribution is 0.0939. The van der Waals surface area contributed by atoms with Gasteiger partial charge in [0, 0.05) is 0 Å². The van der Waals surface area contributed by atoms with Gasteiger partial charge in [-0.15, -0.1) is 5.10 Å². The Labute approximate surface area is 149 Å². The zero-order valence-corrected chi connectivity index (χ0v) is 14.6. The summed E-state index contributed by atoms with van der Waals surface area (Å²) in [7, 11) is -3.75. The highest BCUT2D eigenvalue weighted by Gasteiger charge is 2.17. The molecule has 1 heterocycles. The van der Waals surface area contributed by atoms with Crippen LogP contribution in [-0.2, 0) is 10.0 Å². The summed E-state index contributed by atoms with van der Waals surface area (Å²) >= 11 is 0. The van der Waals surface area contributed by atoms with Crippen LogP contribution < -0.4 is 10.5 Å². The Bertz CT molecular complexity index is 1020. The van der Waals surface area contributed by atoms with Gasteiger partial charge in [-0.2, -0.15) is 4.68 Å². The molecule has 0 radical (unpaired) electrons. The van der Waals surface area contributed by atoms with Crippen molar-refractivity contribution in [3.05, 3.63) is 66.0 Å². The third-order valence-corrected chi connectivity index (χ3v) is 4.73. The summed E-state index contributed by atoms with van der Waals surface area (Å²) in [6.07, 6.45) is 1.40. The molecule has 2 aromatic carbocycles. The Hall–Kier alpha value is -3.11. The van der Waals surface area contributed by atoms with Gasteiger partial charge in [0.05, 0.1) is 22.2 Å². The summed E-state index contributed by atoms with van der Waals surface area (Å²) < 4.78 is 24.0. The van der Waals surface area contributed by atoms with E-state index in [1.807, 2.05) is 0 Å². The fourth-order valence-corrected chi connectivity index (χ4v) is 2.96. The van der Waals surface area contributed by atoms with Gasteiger partial charge in [0.15, 0.2) is 0 Å². The number of benzene rings is 2. The number of tetrazole rings is 1. The van der Waals surface area contributed by atoms with E-state index in [1.54, 1.807) is 43.3 Å². The lowest BCUT2D eigenvalue weighted by Crippen LogP contribution is -2.27. The van der Waals surface area contributed by atoms with Crippen molar-refractivity contribution in [1.82, 2.24) is 25.5 Å². The minimum atomic E-state index is -3.75. The first kappa shape index (κ1) is 17.7. The lowest BCUT2D eigenvalue weighted by atomic mass is 10.1. The van der Waals surface area contributed by atoms with Crippen LogP contribution in [0.15, 0.2) is 59.8 Å². The molecule has 134 valence electrons. The molecule has 1 aromatic heterocycles. The molecule has 0 unspecified atom stereocenters. The van der Waals surface area contributed by atoms with Gasteiger partial charge in [0.25, 0.3) is 5.91 Å². The Morgan fingerprint density at radius 3 is 2.46 bits per heavy atom. The molecule has 9 nitrogen and oxygen atoms in total. The Morgan fingerprint density at radius 2 is 1.85 bits per heavy atom. The van der Waals surface area contributed by atoms with Crippen molar-refractivity contribution in [2.45, 2.75) is 17.9 Å². The van der Waals surface area contributed by atoms with E-state index >= 15 is 0 Å². The number of hydrogen-bond donors (Lipinski definition) is 2. The largest absolute Gasteiger partial charge is 0.345 e. The summed E-state index contributed by atoms with van der Waals surface area (Å²) in [5.74, 6) is -0.306. The molecule has 0 fully saturated rings. The average molecular weight is 372 g/mol. The number of primary sulfonamides is 1. The zero-order valence-electron chi connectivity index (χ0n) is 13.8. The molecule has 26 heavy (non-hydrogen) atoms. The fourth-order valence-electron chi connectivity index (χ4n) is 2.44. The van der Waals surface area contributed by atoms with Crippen molar-refractivity contribution in [2.75, 3.05) is 0 Å². The molecule has 0 aliphatic carbocycles. The highest BCUT2D eigenvalue weighted by molar-refractivity contribution is 7.89. The molecule has 0 spiro atoms. The fraction of sp³-hybridized carbons (Fsp3) is 0.125. The molecule has 1 amide bonds. The summed E-state index contributed by atoms with van der Waals surface area (Å²) in [5.41, 5.74) is 1.70. The number of nitrogens with one attached hydrogen (secondary N) is 1. The maximum atomic E-state index is 12.7. The van der Waals surface area contributed by atoms with Crippen molar-refractivity contribution < 1.29 is 13.2 Å². The predicted molar refractivity (Wildman–Crippen MR) is 92.9 cm³/mol. The molecule has 0 aliphatic rings. The lowest BCUT2D eigenvalue weighted by Gasteiger charge is -2.16. The van der Waals surface area contributed by atoms with Crippen molar-refractivity contribution in [3.8, 4) is 5.69 Å². The van der Waals surface area contributed by atoms with Gasteiger partial charge in [-0.25, -0.2) is 13.6 Å². The van der Waals surface area contributed by atoms with E-state index in [1.165, 1.54) is 23.1 Å². The van der Waals surface area contributed by atoms with E-state index in [0.29, 0.717) is 11.3 Å². The molecule has 0 saturated heterocycles. The number of hydrogen-bond acceptors (Lipinski definition) is 6. The number of sulfonamides is 1. The minimum absolute atomic E-state index is 0.0174. The zero-order chi connectivity index (χ0) is 18.7. The third kappa shape index (κ3) is 3.76. The highest BCUT2D eigenvalue weighted by atomic mass is 32.2. The van der Waals surface area contributed by atoms with Crippen molar-refractivity contribution in [2.24, 2.45) is 5.14 Å². The smallest absolute Gasteiger partial charge is 0.253 e. The molecule has 3 rings (SSSR count). The first-order valence-corrected chi connectivity index (χ1v) is 9.17. The summed E-state index contributed by atoms with van der Waals surface area (Å²) in [4.78, 5) is 12.7. The summed E-state index contributed by atoms with van der Waals surface area (Å²) in [5, 5.41) is 18.9. The number of amides is 1. The Kier molecular flexibility index (Phi) is 4.78. The van der Waals surface area contributed by atoms with E-state index in [4.69, 9.17) is 5.14 Å². The van der Waals surface area contributed by atoms with Gasteiger partial charge in [-0.1, -0.05) is 24.3 Å². The maximum absolute atomic E-state index is 12.7. The SMILES string of the molecule is C[C@@H](NC(=O)c1ccccc1-n1cnnn1)c1ccc(S(N)(=O)=O)cc1. The second-order valence-corrected chi connectivity index (χ2v) is 7.14. The van der Waals surface area contributed by atoms with Crippen LogP contribution in [0.25, 0.3) is 5.69 Å². The number of carbonyl (C=O) groups excluding carboxylic acids is 1. The summed E-state index contributed by atoms with van der Waals surface area (Å²) in [6, 6.07) is 12.6. The molecular weight excluding hydrogens is 356 g/mol. The van der Waals surface area contributed by atoms with E-state index in [2.05, 4.69) is 20.8 Å². The molecule has 0 aliphatic heterocycles. The van der Waals surface area contributed by atoms with Crippen LogP contribution in [0.3, 0.4) is 0 Å². The molecule has 3 aromatic rings. The second-order valence-electron chi connectivity index (χ2n) is 5.58. The monoisotopic (exact) mass is 372 g/mol. The van der Waals surface area contributed by atoms with Crippen LogP contribution in [0.1, 0.15) is 28.9 Å². The van der Waals surface area contributed by atoms with Crippen LogP contribution in [0.5, 0.6) is 0 Å². The normalized spacial score (nSPS) is 12.5. The molecule has 3 N–H and O–H groups in total. The van der Waals surface area contributed by atoms with E-state index in [-0.39, 0.29) is 16.8 Å². The summed E-state index contributed by atoms with van der Waals surface area (Å²) in [6.45, 7) is 1.80. The van der Waals surface area contributed by atoms with E-state index in [9.17, 15) is 13.2 Å². The number of aromatic nitrogens is 4. The van der Waals surface area contributed by atoms with Crippen LogP contribution >= 0.6 is 0 Å². The number of rotatable bonds is 5. The number of carbonyl (C=O) groups is 1. The van der Waals surface area contributed by atoms with Crippen molar-refractivity contribution >= 4 is 15.9 Å². The quantitative estimate of drug-likeness (QED) is 0.681. The van der Waals surface area contributed by atoms with Gasteiger partial charge >= 0.3 is 0 Å². The molecule has 10 heteroatoms. The van der Waals surface area contributed by atoms with Crippen LogP contribution in [0.2, 0.25) is 0 Å². The number of para-hydroxylation sites is 1. The van der Waals surface area contributed by atoms with E-state index < -0.39 is 10.0 Å². The van der Waals surface area contributed by atoms with Gasteiger partial charge in [0.1, 0.15) is 6.33 Å². The molecule has 1 atom stereocenters. The Balaban J connectivity index is 1.80. The minimum Gasteiger partial charge on any atom is -0.345 e. The van der Waals surface area contributed by atoms with Gasteiger partial charge in [0.2, 0.25) is 10.0 Å². The van der Waals surface area contributed by atoms with Crippen LogP contribution in [0, 0.1) is 0 Å². The Morgan fingerprint density at radius 1 is 1.15 bits per heavy atom. The standard InChI is InChI=1S/C16H16N6O3S/c1-11(12-6-8-13(9-7-12)26(17,24)25)19-16(23)14-4-2-3-5-15(14)22-10-18-20-21-22/h2-11H,1H3,(H,19,23)(H2,17,24,25)/t11-/m1/s1. The maximum Gasteiger partial charge on any atom is 0.253 e. The van der Waals surface area contributed by atoms with Gasteiger partial charge < -0.3 is 5.32 Å². The van der Waals surface area contributed by atoms with Crippen LogP contribution in [-0.4, -0.2) is 34.5 Å². The van der Waals surface area contributed by atoms with Crippen molar-refractivity contribution in [3.63, 3.8) is 0 Å². The van der Waals surface area contributed by atoms with E-state index in [0.717, 1.165) is 5.56 Å². The van der Waals surface area contributed by atoms with Crippen LogP contribution in [0.4, 0.5) is 0 Å². The highest BCUT2D eigenvalue weighted by Crippen LogP contribution is 2.18. The predicted octanol–water partition coefficient (Wildman–Crippen LogP) is 0.801. The molecular formula is C16H16N6O3S. The average Bonchev–Trinajstić information content (AvgIpc) is 3.15. The van der Waals surface area contributed by atoms with Gasteiger partial charge in [-0.05, 0) is 47.2 Å². The first-order chi connectivity index (χ1) is 12.4. The second kappa shape index (κ2) is 7.02. The number of nitrogens with two attached hydrogens (primary N) is 1. The molecule has 0 bridgehead atoms. The van der Waals surface area contributed by atoms with Crippen molar-refractivity contribution in [1.29, 1.82) is 0 Å². The third-order valence-electron chi connectivity index (χ3n) is 3.80.